The highest BCUT2D eigenvalue weighted by atomic mass is 32.2. The molecule has 0 N–H and O–H groups in total. The number of hydrogen-bond acceptors (Lipinski definition) is 6. The highest BCUT2D eigenvalue weighted by molar-refractivity contribution is 7.89. The average Bonchev–Trinajstić information content (AvgIpc) is 3.50. The molecule has 1 aromatic carbocycles. The van der Waals surface area contributed by atoms with Gasteiger partial charge >= 0.3 is 12.1 Å². The quantitative estimate of drug-likeness (QED) is 0.517. The predicted octanol–water partition coefficient (Wildman–Crippen LogP) is 2.57. The Hall–Kier alpha value is -2.50. The lowest BCUT2D eigenvalue weighted by atomic mass is 10.1. The number of halogens is 3. The smallest absolute Gasteiger partial charge is 0.416 e. The van der Waals surface area contributed by atoms with Crippen molar-refractivity contribution in [3.8, 4) is 11.3 Å². The first-order chi connectivity index (χ1) is 13.5. The number of esters is 1. The lowest BCUT2D eigenvalue weighted by Crippen LogP contribution is -2.30. The van der Waals surface area contributed by atoms with E-state index in [0.29, 0.717) is 12.7 Å². The molecule has 1 aliphatic heterocycles. The molecule has 0 aliphatic carbocycles. The van der Waals surface area contributed by atoms with E-state index in [4.69, 9.17) is 4.74 Å². The Morgan fingerprint density at radius 2 is 2.00 bits per heavy atom. The van der Waals surface area contributed by atoms with Gasteiger partial charge in [-0.1, -0.05) is 6.07 Å². The van der Waals surface area contributed by atoms with Gasteiger partial charge in [0.05, 0.1) is 36.0 Å². The molecule has 1 aromatic heterocycles. The number of likely N-dealkylation sites (N-methyl/N-ethyl adjacent to an activating group) is 1. The number of pyridine rings is 1. The summed E-state index contributed by atoms with van der Waals surface area (Å²) in [6, 6.07) is 6.58. The Morgan fingerprint density at radius 1 is 1.31 bits per heavy atom. The summed E-state index contributed by atoms with van der Waals surface area (Å²) in [4.78, 5) is 15.1. The zero-order valence-corrected chi connectivity index (χ0v) is 16.2. The molecule has 11 heteroatoms. The van der Waals surface area contributed by atoms with E-state index in [1.54, 1.807) is 0 Å². The number of methoxy groups -OCH3 is 1. The predicted molar refractivity (Wildman–Crippen MR) is 95.6 cm³/mol. The summed E-state index contributed by atoms with van der Waals surface area (Å²) >= 11 is 0. The van der Waals surface area contributed by atoms with Crippen LogP contribution in [0.5, 0.6) is 0 Å². The Bertz CT molecular complexity index is 1040. The highest BCUT2D eigenvalue weighted by Gasteiger charge is 2.35. The van der Waals surface area contributed by atoms with E-state index in [-0.39, 0.29) is 29.6 Å². The summed E-state index contributed by atoms with van der Waals surface area (Å²) in [6.45, 7) is 0.432. The van der Waals surface area contributed by atoms with Crippen LogP contribution in [0, 0.1) is 0 Å². The van der Waals surface area contributed by atoms with E-state index < -0.39 is 32.6 Å². The molecule has 3 rings (SSSR count). The van der Waals surface area contributed by atoms with Gasteiger partial charge < -0.3 is 9.47 Å². The van der Waals surface area contributed by atoms with Crippen molar-refractivity contribution in [2.24, 2.45) is 0 Å². The average molecular weight is 430 g/mol. The first kappa shape index (κ1) is 21.2. The van der Waals surface area contributed by atoms with Crippen molar-refractivity contribution in [1.29, 1.82) is 0 Å². The molecule has 2 aromatic rings. The van der Waals surface area contributed by atoms with Crippen LogP contribution in [-0.4, -0.2) is 57.1 Å². The van der Waals surface area contributed by atoms with Gasteiger partial charge in [0.2, 0.25) is 10.0 Å². The standard InChI is InChI=1S/C18H17F3N2O5S/c1-23(9-13-10-28-13)29(25,26)14-7-11(6-12(8-14)18(19,20)21)15-4-3-5-16(22-15)17(24)27-2/h3-8,13H,9-10H2,1-2H3/t13-/m0/s1. The fourth-order valence-corrected chi connectivity index (χ4v) is 3.89. The number of benzene rings is 1. The molecule has 0 unspecified atom stereocenters. The molecule has 29 heavy (non-hydrogen) atoms. The van der Waals surface area contributed by atoms with Crippen molar-refractivity contribution in [2.75, 3.05) is 27.3 Å². The summed E-state index contributed by atoms with van der Waals surface area (Å²) in [7, 11) is -1.79. The second-order valence-corrected chi connectivity index (χ2v) is 8.43. The van der Waals surface area contributed by atoms with Gasteiger partial charge in [0, 0.05) is 19.2 Å². The summed E-state index contributed by atoms with van der Waals surface area (Å²) in [6.07, 6.45) is -5.04. The third-order valence-corrected chi connectivity index (χ3v) is 6.05. The van der Waals surface area contributed by atoms with Crippen molar-refractivity contribution in [3.63, 3.8) is 0 Å². The lowest BCUT2D eigenvalue weighted by Gasteiger charge is -2.18. The van der Waals surface area contributed by atoms with Crippen LogP contribution in [-0.2, 0) is 25.7 Å². The molecule has 1 atom stereocenters. The number of nitrogens with zero attached hydrogens (tertiary/aromatic N) is 2. The number of sulfonamides is 1. The second kappa shape index (κ2) is 7.73. The zero-order valence-electron chi connectivity index (χ0n) is 15.4. The SMILES string of the molecule is COC(=O)c1cccc(-c2cc(C(F)(F)F)cc(S(=O)(=O)N(C)C[C@H]3CO3)c2)n1. The molecule has 0 spiro atoms. The molecule has 0 bridgehead atoms. The van der Waals surface area contributed by atoms with Gasteiger partial charge in [-0.3, -0.25) is 0 Å². The minimum absolute atomic E-state index is 0.00336. The molecule has 2 heterocycles. The number of rotatable bonds is 6. The monoisotopic (exact) mass is 430 g/mol. The van der Waals surface area contributed by atoms with Gasteiger partial charge in [0.25, 0.3) is 0 Å². The van der Waals surface area contributed by atoms with Crippen LogP contribution in [0.25, 0.3) is 11.3 Å². The first-order valence-corrected chi connectivity index (χ1v) is 9.82. The van der Waals surface area contributed by atoms with Crippen LogP contribution in [0.15, 0.2) is 41.3 Å². The minimum Gasteiger partial charge on any atom is -0.464 e. The molecule has 156 valence electrons. The molecular weight excluding hydrogens is 413 g/mol. The zero-order chi connectivity index (χ0) is 21.4. The number of carbonyl (C=O) groups excluding carboxylic acids is 1. The van der Waals surface area contributed by atoms with Gasteiger partial charge in [-0.2, -0.15) is 17.5 Å². The van der Waals surface area contributed by atoms with Gasteiger partial charge in [-0.15, -0.1) is 0 Å². The third kappa shape index (κ3) is 4.74. The molecule has 0 saturated carbocycles. The second-order valence-electron chi connectivity index (χ2n) is 6.38. The third-order valence-electron chi connectivity index (χ3n) is 4.24. The van der Waals surface area contributed by atoms with Crippen molar-refractivity contribution in [1.82, 2.24) is 9.29 Å². The number of alkyl halides is 3. The Kier molecular flexibility index (Phi) is 5.65. The van der Waals surface area contributed by atoms with E-state index in [2.05, 4.69) is 9.72 Å². The fraction of sp³-hybridized carbons (Fsp3) is 0.333. The Balaban J connectivity index is 2.11. The highest BCUT2D eigenvalue weighted by Crippen LogP contribution is 2.35. The summed E-state index contributed by atoms with van der Waals surface area (Å²) in [5, 5.41) is 0. The van der Waals surface area contributed by atoms with Crippen LogP contribution in [0.3, 0.4) is 0 Å². The number of ether oxygens (including phenoxy) is 2. The van der Waals surface area contributed by atoms with Crippen molar-refractivity contribution in [2.45, 2.75) is 17.2 Å². The summed E-state index contributed by atoms with van der Waals surface area (Å²) in [5.74, 6) is -0.768. The number of epoxide rings is 1. The molecule has 0 radical (unpaired) electrons. The summed E-state index contributed by atoms with van der Waals surface area (Å²) < 4.78 is 76.3. The number of carbonyl (C=O) groups is 1. The molecule has 1 fully saturated rings. The van der Waals surface area contributed by atoms with Gasteiger partial charge in [-0.25, -0.2) is 18.2 Å². The van der Waals surface area contributed by atoms with Crippen LogP contribution in [0.4, 0.5) is 13.2 Å². The Morgan fingerprint density at radius 3 is 2.59 bits per heavy atom. The first-order valence-electron chi connectivity index (χ1n) is 8.38. The maximum absolute atomic E-state index is 13.4. The van der Waals surface area contributed by atoms with Crippen molar-refractivity contribution in [3.05, 3.63) is 47.7 Å². The topological polar surface area (TPSA) is 89.1 Å². The van der Waals surface area contributed by atoms with Crippen molar-refractivity contribution >= 4 is 16.0 Å². The maximum Gasteiger partial charge on any atom is 0.416 e. The molecule has 1 aliphatic rings. The fourth-order valence-electron chi connectivity index (χ4n) is 2.61. The summed E-state index contributed by atoms with van der Waals surface area (Å²) in [5.41, 5.74) is -1.35. The van der Waals surface area contributed by atoms with Crippen LogP contribution in [0.1, 0.15) is 16.1 Å². The van der Waals surface area contributed by atoms with E-state index in [1.165, 1.54) is 25.2 Å². The molecular formula is C18H17F3N2O5S. The lowest BCUT2D eigenvalue weighted by molar-refractivity contribution is -0.137. The largest absolute Gasteiger partial charge is 0.464 e. The maximum atomic E-state index is 13.4. The molecule has 1 saturated heterocycles. The number of hydrogen-bond donors (Lipinski definition) is 0. The van der Waals surface area contributed by atoms with E-state index in [9.17, 15) is 26.4 Å². The minimum atomic E-state index is -4.78. The van der Waals surface area contributed by atoms with Gasteiger partial charge in [-0.05, 0) is 30.3 Å². The van der Waals surface area contributed by atoms with E-state index in [0.717, 1.165) is 23.5 Å². The van der Waals surface area contributed by atoms with Gasteiger partial charge in [0.1, 0.15) is 5.69 Å². The van der Waals surface area contributed by atoms with Crippen LogP contribution >= 0.6 is 0 Å². The molecule has 7 nitrogen and oxygen atoms in total. The van der Waals surface area contributed by atoms with Crippen LogP contribution in [0.2, 0.25) is 0 Å². The van der Waals surface area contributed by atoms with E-state index >= 15 is 0 Å². The van der Waals surface area contributed by atoms with Gasteiger partial charge in [0.15, 0.2) is 0 Å². The van der Waals surface area contributed by atoms with Crippen LogP contribution < -0.4 is 0 Å². The molecule has 0 amide bonds. The van der Waals surface area contributed by atoms with Crippen molar-refractivity contribution < 1.29 is 35.9 Å². The normalized spacial score (nSPS) is 16.7. The van der Waals surface area contributed by atoms with E-state index in [1.807, 2.05) is 0 Å². The Labute approximate surface area is 165 Å². The number of aromatic nitrogens is 1.